The Morgan fingerprint density at radius 2 is 2.11 bits per heavy atom. The van der Waals surface area contributed by atoms with Crippen LogP contribution in [0.5, 0.6) is 5.75 Å². The first-order chi connectivity index (χ1) is 8.79. The van der Waals surface area contributed by atoms with Gasteiger partial charge in [-0.15, -0.1) is 0 Å². The molecule has 1 aromatic rings. The third-order valence-corrected chi connectivity index (χ3v) is 2.52. The number of carbonyl (C=O) groups excluding carboxylic acids is 1. The number of amides is 1. The summed E-state index contributed by atoms with van der Waals surface area (Å²) >= 11 is 0. The van der Waals surface area contributed by atoms with Gasteiger partial charge in [0.2, 0.25) is 5.91 Å². The summed E-state index contributed by atoms with van der Waals surface area (Å²) in [5.41, 5.74) is 5.86. The number of nitrogens with one attached hydrogen (secondary N) is 1. The zero-order valence-electron chi connectivity index (χ0n) is 12.2. The van der Waals surface area contributed by atoms with Crippen LogP contribution >= 0.6 is 0 Å². The highest BCUT2D eigenvalue weighted by Gasteiger charge is 2.21. The standard InChI is InChI=1S/C15H24N2O2/c1-11(2)10-19-13-7-5-6-12(8-13)9-17-14(18)15(3,4)16/h5-8,11H,9-10,16H2,1-4H3,(H,17,18). The van der Waals surface area contributed by atoms with Crippen LogP contribution in [-0.4, -0.2) is 18.1 Å². The molecule has 0 unspecified atom stereocenters. The van der Waals surface area contributed by atoms with E-state index in [0.29, 0.717) is 19.1 Å². The minimum absolute atomic E-state index is 0.166. The highest BCUT2D eigenvalue weighted by atomic mass is 16.5. The summed E-state index contributed by atoms with van der Waals surface area (Å²) in [6.07, 6.45) is 0. The number of nitrogens with two attached hydrogens (primary N) is 1. The first-order valence-electron chi connectivity index (χ1n) is 6.58. The molecule has 0 saturated carbocycles. The van der Waals surface area contributed by atoms with Crippen LogP contribution in [0, 0.1) is 5.92 Å². The lowest BCUT2D eigenvalue weighted by Gasteiger charge is -2.18. The third kappa shape index (κ3) is 5.75. The van der Waals surface area contributed by atoms with E-state index >= 15 is 0 Å². The molecule has 0 aromatic heterocycles. The fourth-order valence-electron chi connectivity index (χ4n) is 1.42. The lowest BCUT2D eigenvalue weighted by molar-refractivity contribution is -0.125. The Labute approximate surface area is 115 Å². The first kappa shape index (κ1) is 15.5. The van der Waals surface area contributed by atoms with Crippen molar-refractivity contribution in [3.63, 3.8) is 0 Å². The predicted molar refractivity (Wildman–Crippen MR) is 76.9 cm³/mol. The summed E-state index contributed by atoms with van der Waals surface area (Å²) in [7, 11) is 0. The van der Waals surface area contributed by atoms with E-state index in [2.05, 4.69) is 19.2 Å². The molecule has 1 aromatic carbocycles. The monoisotopic (exact) mass is 264 g/mol. The molecule has 0 aliphatic carbocycles. The molecule has 0 aliphatic heterocycles. The van der Waals surface area contributed by atoms with Crippen LogP contribution in [0.25, 0.3) is 0 Å². The summed E-state index contributed by atoms with van der Waals surface area (Å²) in [4.78, 5) is 11.7. The fourth-order valence-corrected chi connectivity index (χ4v) is 1.42. The summed E-state index contributed by atoms with van der Waals surface area (Å²) in [5, 5.41) is 2.81. The summed E-state index contributed by atoms with van der Waals surface area (Å²) < 4.78 is 5.64. The van der Waals surface area contributed by atoms with Gasteiger partial charge in [0.05, 0.1) is 12.1 Å². The van der Waals surface area contributed by atoms with E-state index < -0.39 is 5.54 Å². The Morgan fingerprint density at radius 3 is 2.68 bits per heavy atom. The minimum atomic E-state index is -0.855. The summed E-state index contributed by atoms with van der Waals surface area (Å²) in [6.45, 7) is 8.72. The molecule has 1 rings (SSSR count). The third-order valence-electron chi connectivity index (χ3n) is 2.52. The maximum atomic E-state index is 11.7. The first-order valence-corrected chi connectivity index (χ1v) is 6.58. The second-order valence-corrected chi connectivity index (χ2v) is 5.76. The van der Waals surface area contributed by atoms with Crippen LogP contribution in [0.1, 0.15) is 33.3 Å². The van der Waals surface area contributed by atoms with Gasteiger partial charge in [0.1, 0.15) is 5.75 Å². The second-order valence-electron chi connectivity index (χ2n) is 5.76. The average molecular weight is 264 g/mol. The quantitative estimate of drug-likeness (QED) is 0.826. The van der Waals surface area contributed by atoms with Gasteiger partial charge in [0.15, 0.2) is 0 Å². The number of carbonyl (C=O) groups is 1. The van der Waals surface area contributed by atoms with Crippen LogP contribution < -0.4 is 15.8 Å². The molecule has 0 atom stereocenters. The van der Waals surface area contributed by atoms with Gasteiger partial charge in [0, 0.05) is 6.54 Å². The molecule has 0 aliphatic rings. The van der Waals surface area contributed by atoms with Crippen molar-refractivity contribution in [1.82, 2.24) is 5.32 Å². The number of hydrogen-bond donors (Lipinski definition) is 2. The molecule has 106 valence electrons. The zero-order valence-corrected chi connectivity index (χ0v) is 12.2. The highest BCUT2D eigenvalue weighted by molar-refractivity contribution is 5.84. The molecule has 0 fully saturated rings. The average Bonchev–Trinajstić information content (AvgIpc) is 2.32. The van der Waals surface area contributed by atoms with Crippen LogP contribution in [0.3, 0.4) is 0 Å². The highest BCUT2D eigenvalue weighted by Crippen LogP contribution is 2.14. The van der Waals surface area contributed by atoms with Gasteiger partial charge in [0.25, 0.3) is 0 Å². The number of ether oxygens (including phenoxy) is 1. The number of rotatable bonds is 6. The van der Waals surface area contributed by atoms with E-state index in [1.54, 1.807) is 13.8 Å². The van der Waals surface area contributed by atoms with Gasteiger partial charge < -0.3 is 15.8 Å². The Bertz CT molecular complexity index is 422. The minimum Gasteiger partial charge on any atom is -0.493 e. The lowest BCUT2D eigenvalue weighted by atomic mass is 10.1. The van der Waals surface area contributed by atoms with Crippen molar-refractivity contribution < 1.29 is 9.53 Å². The molecule has 19 heavy (non-hydrogen) atoms. The molecule has 0 saturated heterocycles. The van der Waals surface area contributed by atoms with Crippen LogP contribution in [0.2, 0.25) is 0 Å². The second kappa shape index (κ2) is 6.57. The van der Waals surface area contributed by atoms with Gasteiger partial charge in [-0.3, -0.25) is 4.79 Å². The Morgan fingerprint density at radius 1 is 1.42 bits per heavy atom. The van der Waals surface area contributed by atoms with Crippen LogP contribution in [-0.2, 0) is 11.3 Å². The Hall–Kier alpha value is -1.55. The molecular formula is C15H24N2O2. The van der Waals surface area contributed by atoms with Crippen molar-refractivity contribution in [3.8, 4) is 5.75 Å². The van der Waals surface area contributed by atoms with E-state index in [4.69, 9.17) is 10.5 Å². The van der Waals surface area contributed by atoms with Gasteiger partial charge in [-0.05, 0) is 37.5 Å². The van der Waals surface area contributed by atoms with Crippen molar-refractivity contribution in [1.29, 1.82) is 0 Å². The van der Waals surface area contributed by atoms with E-state index in [1.165, 1.54) is 0 Å². The predicted octanol–water partition coefficient (Wildman–Crippen LogP) is 2.07. The topological polar surface area (TPSA) is 64.3 Å². The SMILES string of the molecule is CC(C)COc1cccc(CNC(=O)C(C)(C)N)c1. The maximum Gasteiger partial charge on any atom is 0.239 e. The smallest absolute Gasteiger partial charge is 0.239 e. The summed E-state index contributed by atoms with van der Waals surface area (Å²) in [6, 6.07) is 7.73. The molecule has 0 spiro atoms. The number of hydrogen-bond acceptors (Lipinski definition) is 3. The largest absolute Gasteiger partial charge is 0.493 e. The molecule has 4 heteroatoms. The Balaban J connectivity index is 2.55. The molecule has 0 bridgehead atoms. The maximum absolute atomic E-state index is 11.7. The Kier molecular flexibility index (Phi) is 5.36. The lowest BCUT2D eigenvalue weighted by Crippen LogP contribution is -2.48. The van der Waals surface area contributed by atoms with E-state index in [-0.39, 0.29) is 5.91 Å². The molecule has 0 heterocycles. The van der Waals surface area contributed by atoms with Crippen molar-refractivity contribution in [2.24, 2.45) is 11.7 Å². The van der Waals surface area contributed by atoms with Crippen molar-refractivity contribution in [3.05, 3.63) is 29.8 Å². The van der Waals surface area contributed by atoms with Gasteiger partial charge in [-0.1, -0.05) is 26.0 Å². The van der Waals surface area contributed by atoms with Gasteiger partial charge in [-0.2, -0.15) is 0 Å². The zero-order chi connectivity index (χ0) is 14.5. The molecule has 1 amide bonds. The number of benzene rings is 1. The summed E-state index contributed by atoms with van der Waals surface area (Å²) in [5.74, 6) is 1.15. The molecule has 3 N–H and O–H groups in total. The fraction of sp³-hybridized carbons (Fsp3) is 0.533. The van der Waals surface area contributed by atoms with Crippen molar-refractivity contribution >= 4 is 5.91 Å². The van der Waals surface area contributed by atoms with Crippen molar-refractivity contribution in [2.75, 3.05) is 6.61 Å². The van der Waals surface area contributed by atoms with Crippen LogP contribution in [0.15, 0.2) is 24.3 Å². The van der Waals surface area contributed by atoms with E-state index in [1.807, 2.05) is 24.3 Å². The van der Waals surface area contributed by atoms with E-state index in [0.717, 1.165) is 11.3 Å². The van der Waals surface area contributed by atoms with E-state index in [9.17, 15) is 4.79 Å². The molecular weight excluding hydrogens is 240 g/mol. The van der Waals surface area contributed by atoms with Crippen molar-refractivity contribution in [2.45, 2.75) is 39.8 Å². The normalized spacial score (nSPS) is 11.5. The molecule has 0 radical (unpaired) electrons. The molecule has 4 nitrogen and oxygen atoms in total. The van der Waals surface area contributed by atoms with Crippen LogP contribution in [0.4, 0.5) is 0 Å². The van der Waals surface area contributed by atoms with Gasteiger partial charge in [-0.25, -0.2) is 0 Å². The van der Waals surface area contributed by atoms with Gasteiger partial charge >= 0.3 is 0 Å².